The second-order valence-electron chi connectivity index (χ2n) is 5.18. The summed E-state index contributed by atoms with van der Waals surface area (Å²) in [4.78, 5) is 12.1. The summed E-state index contributed by atoms with van der Waals surface area (Å²) >= 11 is 0. The molecule has 3 heteroatoms. The van der Waals surface area contributed by atoms with Crippen molar-refractivity contribution < 1.29 is 9.53 Å². The molecule has 0 aliphatic carbocycles. The Morgan fingerprint density at radius 1 is 1.38 bits per heavy atom. The molecule has 0 unspecified atom stereocenters. The SMILES string of the molecule is CCOC(=O)C1(CCC(C)C)CCNCC1. The van der Waals surface area contributed by atoms with Gasteiger partial charge in [0.2, 0.25) is 0 Å². The van der Waals surface area contributed by atoms with Crippen LogP contribution < -0.4 is 5.32 Å². The van der Waals surface area contributed by atoms with Crippen molar-refractivity contribution in [1.29, 1.82) is 0 Å². The average Bonchev–Trinajstić information content (AvgIpc) is 2.28. The van der Waals surface area contributed by atoms with E-state index in [9.17, 15) is 4.79 Å². The lowest BCUT2D eigenvalue weighted by atomic mass is 9.74. The van der Waals surface area contributed by atoms with E-state index in [1.807, 2.05) is 6.92 Å². The molecule has 0 bridgehead atoms. The largest absolute Gasteiger partial charge is 0.466 e. The Labute approximate surface area is 98.9 Å². The van der Waals surface area contributed by atoms with Gasteiger partial charge in [-0.1, -0.05) is 13.8 Å². The first kappa shape index (κ1) is 13.5. The minimum Gasteiger partial charge on any atom is -0.466 e. The van der Waals surface area contributed by atoms with E-state index in [1.165, 1.54) is 0 Å². The van der Waals surface area contributed by atoms with Gasteiger partial charge < -0.3 is 10.1 Å². The molecule has 16 heavy (non-hydrogen) atoms. The number of rotatable bonds is 5. The fourth-order valence-corrected chi connectivity index (χ4v) is 2.31. The van der Waals surface area contributed by atoms with Crippen LogP contribution in [0.4, 0.5) is 0 Å². The molecule has 0 radical (unpaired) electrons. The lowest BCUT2D eigenvalue weighted by molar-refractivity contribution is -0.158. The average molecular weight is 227 g/mol. The number of ether oxygens (including phenoxy) is 1. The molecular formula is C13H25NO2. The maximum Gasteiger partial charge on any atom is 0.312 e. The van der Waals surface area contributed by atoms with Gasteiger partial charge in [0.15, 0.2) is 0 Å². The summed E-state index contributed by atoms with van der Waals surface area (Å²) in [6.07, 6.45) is 3.95. The molecule has 1 fully saturated rings. The lowest BCUT2D eigenvalue weighted by Crippen LogP contribution is -2.43. The standard InChI is InChI=1S/C13H25NO2/c1-4-16-12(15)13(6-5-11(2)3)7-9-14-10-8-13/h11,14H,4-10H2,1-3H3. The van der Waals surface area contributed by atoms with Crippen LogP contribution in [0.2, 0.25) is 0 Å². The number of esters is 1. The molecular weight excluding hydrogens is 202 g/mol. The highest BCUT2D eigenvalue weighted by molar-refractivity contribution is 5.77. The van der Waals surface area contributed by atoms with Gasteiger partial charge in [-0.15, -0.1) is 0 Å². The molecule has 0 aromatic rings. The second-order valence-corrected chi connectivity index (χ2v) is 5.18. The van der Waals surface area contributed by atoms with E-state index in [0.29, 0.717) is 12.5 Å². The molecule has 1 aliphatic heterocycles. The number of hydrogen-bond donors (Lipinski definition) is 1. The minimum atomic E-state index is -0.203. The summed E-state index contributed by atoms with van der Waals surface area (Å²) in [5.74, 6) is 0.679. The third kappa shape index (κ3) is 3.48. The van der Waals surface area contributed by atoms with Crippen molar-refractivity contribution >= 4 is 5.97 Å². The highest BCUT2D eigenvalue weighted by atomic mass is 16.5. The van der Waals surface area contributed by atoms with Gasteiger partial charge in [-0.2, -0.15) is 0 Å². The first-order chi connectivity index (χ1) is 7.60. The smallest absolute Gasteiger partial charge is 0.312 e. The molecule has 1 saturated heterocycles. The number of hydrogen-bond acceptors (Lipinski definition) is 3. The third-order valence-corrected chi connectivity index (χ3v) is 3.47. The van der Waals surface area contributed by atoms with Crippen molar-refractivity contribution in [2.45, 2.75) is 46.5 Å². The van der Waals surface area contributed by atoms with E-state index < -0.39 is 0 Å². The zero-order chi connectivity index (χ0) is 12.0. The summed E-state index contributed by atoms with van der Waals surface area (Å²) in [6, 6.07) is 0. The van der Waals surface area contributed by atoms with Crippen LogP contribution in [-0.4, -0.2) is 25.7 Å². The highest BCUT2D eigenvalue weighted by Crippen LogP contribution is 2.36. The Balaban J connectivity index is 2.62. The van der Waals surface area contributed by atoms with Gasteiger partial charge in [0.25, 0.3) is 0 Å². The van der Waals surface area contributed by atoms with Gasteiger partial charge in [0.1, 0.15) is 0 Å². The van der Waals surface area contributed by atoms with E-state index in [2.05, 4.69) is 19.2 Å². The maximum atomic E-state index is 12.1. The van der Waals surface area contributed by atoms with Crippen LogP contribution in [0.5, 0.6) is 0 Å². The van der Waals surface area contributed by atoms with Crippen molar-refractivity contribution in [3.8, 4) is 0 Å². The number of piperidine rings is 1. The van der Waals surface area contributed by atoms with Crippen LogP contribution in [0.15, 0.2) is 0 Å². The second kappa shape index (κ2) is 6.24. The predicted molar refractivity (Wildman–Crippen MR) is 65.2 cm³/mol. The van der Waals surface area contributed by atoms with E-state index in [0.717, 1.165) is 38.8 Å². The molecule has 3 nitrogen and oxygen atoms in total. The van der Waals surface area contributed by atoms with E-state index in [4.69, 9.17) is 4.74 Å². The van der Waals surface area contributed by atoms with E-state index in [1.54, 1.807) is 0 Å². The van der Waals surface area contributed by atoms with E-state index >= 15 is 0 Å². The Morgan fingerprint density at radius 2 is 2.00 bits per heavy atom. The Hall–Kier alpha value is -0.570. The van der Waals surface area contributed by atoms with Crippen molar-refractivity contribution in [3.05, 3.63) is 0 Å². The van der Waals surface area contributed by atoms with Crippen LogP contribution in [0, 0.1) is 11.3 Å². The quantitative estimate of drug-likeness (QED) is 0.733. The third-order valence-electron chi connectivity index (χ3n) is 3.47. The van der Waals surface area contributed by atoms with Gasteiger partial charge in [0.05, 0.1) is 12.0 Å². The summed E-state index contributed by atoms with van der Waals surface area (Å²) in [7, 11) is 0. The van der Waals surface area contributed by atoms with Crippen LogP contribution in [0.1, 0.15) is 46.5 Å². The van der Waals surface area contributed by atoms with Crippen LogP contribution in [0.25, 0.3) is 0 Å². The maximum absolute atomic E-state index is 12.1. The Morgan fingerprint density at radius 3 is 2.50 bits per heavy atom. The molecule has 0 amide bonds. The van der Waals surface area contributed by atoms with Crippen LogP contribution in [0.3, 0.4) is 0 Å². The summed E-state index contributed by atoms with van der Waals surface area (Å²) in [5, 5.41) is 3.32. The zero-order valence-corrected chi connectivity index (χ0v) is 10.8. The van der Waals surface area contributed by atoms with Gasteiger partial charge in [-0.05, 0) is 51.6 Å². The molecule has 1 rings (SSSR count). The predicted octanol–water partition coefficient (Wildman–Crippen LogP) is 2.36. The topological polar surface area (TPSA) is 38.3 Å². The summed E-state index contributed by atoms with van der Waals surface area (Å²) in [5.41, 5.74) is -0.203. The fourth-order valence-electron chi connectivity index (χ4n) is 2.31. The molecule has 1 aliphatic rings. The summed E-state index contributed by atoms with van der Waals surface area (Å²) in [6.45, 7) is 8.68. The normalized spacial score (nSPS) is 19.8. The van der Waals surface area contributed by atoms with Crippen molar-refractivity contribution in [1.82, 2.24) is 5.32 Å². The molecule has 1 N–H and O–H groups in total. The number of nitrogens with one attached hydrogen (secondary N) is 1. The first-order valence-corrected chi connectivity index (χ1v) is 6.48. The van der Waals surface area contributed by atoms with Gasteiger partial charge in [-0.3, -0.25) is 4.79 Å². The molecule has 0 spiro atoms. The Kier molecular flexibility index (Phi) is 5.26. The van der Waals surface area contributed by atoms with E-state index in [-0.39, 0.29) is 11.4 Å². The van der Waals surface area contributed by atoms with Crippen molar-refractivity contribution in [2.24, 2.45) is 11.3 Å². The molecule has 0 aromatic carbocycles. The highest BCUT2D eigenvalue weighted by Gasteiger charge is 2.40. The molecule has 0 aromatic heterocycles. The summed E-state index contributed by atoms with van der Waals surface area (Å²) < 4.78 is 5.25. The van der Waals surface area contributed by atoms with Gasteiger partial charge in [0, 0.05) is 0 Å². The van der Waals surface area contributed by atoms with Crippen LogP contribution in [-0.2, 0) is 9.53 Å². The molecule has 1 heterocycles. The molecule has 0 saturated carbocycles. The monoisotopic (exact) mass is 227 g/mol. The number of carbonyl (C=O) groups is 1. The zero-order valence-electron chi connectivity index (χ0n) is 10.8. The molecule has 94 valence electrons. The minimum absolute atomic E-state index is 0.0251. The number of carbonyl (C=O) groups excluding carboxylic acids is 1. The van der Waals surface area contributed by atoms with Crippen molar-refractivity contribution in [3.63, 3.8) is 0 Å². The van der Waals surface area contributed by atoms with Crippen molar-refractivity contribution in [2.75, 3.05) is 19.7 Å². The fraction of sp³-hybridized carbons (Fsp3) is 0.923. The van der Waals surface area contributed by atoms with Gasteiger partial charge >= 0.3 is 5.97 Å². The van der Waals surface area contributed by atoms with Crippen LogP contribution >= 0.6 is 0 Å². The molecule has 0 atom stereocenters. The lowest BCUT2D eigenvalue weighted by Gasteiger charge is -2.35. The van der Waals surface area contributed by atoms with Gasteiger partial charge in [-0.25, -0.2) is 0 Å². The Bertz CT molecular complexity index is 220. The first-order valence-electron chi connectivity index (χ1n) is 6.48.